The maximum Gasteiger partial charge on any atom is 0.241 e. The third-order valence-electron chi connectivity index (χ3n) is 3.32. The lowest BCUT2D eigenvalue weighted by Crippen LogP contribution is -2.27. The topological polar surface area (TPSA) is 58.2 Å². The summed E-state index contributed by atoms with van der Waals surface area (Å²) >= 11 is 1.54. The molecule has 1 atom stereocenters. The van der Waals surface area contributed by atoms with Gasteiger partial charge in [0.15, 0.2) is 0 Å². The predicted octanol–water partition coefficient (Wildman–Crippen LogP) is 3.45. The zero-order chi connectivity index (χ0) is 15.6. The van der Waals surface area contributed by atoms with Gasteiger partial charge in [0.25, 0.3) is 0 Å². The number of sulfonamides is 1. The smallest absolute Gasteiger partial charge is 0.241 e. The highest BCUT2D eigenvalue weighted by molar-refractivity contribution is 7.89. The second kappa shape index (κ2) is 6.17. The van der Waals surface area contributed by atoms with E-state index in [1.54, 1.807) is 11.3 Å². The van der Waals surface area contributed by atoms with E-state index in [-0.39, 0.29) is 6.04 Å². The highest BCUT2D eigenvalue weighted by Gasteiger charge is 2.23. The lowest BCUT2D eigenvalue weighted by Gasteiger charge is -2.17. The summed E-state index contributed by atoms with van der Waals surface area (Å²) in [6, 6.07) is 7.30. The predicted molar refractivity (Wildman–Crippen MR) is 88.5 cm³/mol. The van der Waals surface area contributed by atoms with Crippen molar-refractivity contribution in [3.8, 4) is 0 Å². The molecule has 114 valence electrons. The van der Waals surface area contributed by atoms with Crippen LogP contribution >= 0.6 is 11.3 Å². The summed E-state index contributed by atoms with van der Waals surface area (Å²) in [5.74, 6) is 0. The van der Waals surface area contributed by atoms with E-state index in [1.165, 1.54) is 0 Å². The molecular weight excluding hydrogens is 304 g/mol. The Morgan fingerprint density at radius 3 is 2.29 bits per heavy atom. The first-order chi connectivity index (χ1) is 9.85. The first kappa shape index (κ1) is 16.0. The largest absolute Gasteiger partial charge is 0.388 e. The third kappa shape index (κ3) is 3.45. The van der Waals surface area contributed by atoms with Crippen molar-refractivity contribution in [2.75, 3.05) is 12.4 Å². The van der Waals surface area contributed by atoms with Gasteiger partial charge in [0, 0.05) is 17.6 Å². The number of rotatable bonds is 5. The summed E-state index contributed by atoms with van der Waals surface area (Å²) in [5.41, 5.74) is 2.39. The number of nitrogens with one attached hydrogen (secondary N) is 2. The quantitative estimate of drug-likeness (QED) is 0.885. The first-order valence-corrected chi connectivity index (χ1v) is 9.06. The van der Waals surface area contributed by atoms with Crippen molar-refractivity contribution in [3.05, 3.63) is 45.6 Å². The van der Waals surface area contributed by atoms with Gasteiger partial charge in [-0.3, -0.25) is 0 Å². The van der Waals surface area contributed by atoms with E-state index in [4.69, 9.17) is 0 Å². The number of hydrogen-bond donors (Lipinski definition) is 2. The average molecular weight is 324 g/mol. The molecule has 0 saturated heterocycles. The van der Waals surface area contributed by atoms with E-state index < -0.39 is 10.0 Å². The van der Waals surface area contributed by atoms with Gasteiger partial charge in [-0.15, -0.1) is 11.3 Å². The summed E-state index contributed by atoms with van der Waals surface area (Å²) in [6.07, 6.45) is 0. The molecule has 0 spiro atoms. The zero-order valence-corrected chi connectivity index (χ0v) is 14.2. The average Bonchev–Trinajstić information content (AvgIpc) is 2.90. The lowest BCUT2D eigenvalue weighted by molar-refractivity contribution is 0.567. The van der Waals surface area contributed by atoms with Crippen molar-refractivity contribution in [2.45, 2.75) is 31.7 Å². The van der Waals surface area contributed by atoms with E-state index >= 15 is 0 Å². The van der Waals surface area contributed by atoms with Crippen LogP contribution < -0.4 is 10.0 Å². The van der Waals surface area contributed by atoms with E-state index in [9.17, 15) is 8.42 Å². The van der Waals surface area contributed by atoms with Crippen LogP contribution in [0.15, 0.2) is 34.5 Å². The van der Waals surface area contributed by atoms with Crippen LogP contribution in [0.5, 0.6) is 0 Å². The normalized spacial score (nSPS) is 13.1. The fourth-order valence-electron chi connectivity index (χ4n) is 2.41. The fraction of sp³-hybridized carbons (Fsp3) is 0.333. The molecule has 4 nitrogen and oxygen atoms in total. The van der Waals surface area contributed by atoms with Gasteiger partial charge in [-0.2, -0.15) is 0 Å². The Bertz CT molecular complexity index is 699. The van der Waals surface area contributed by atoms with Crippen molar-refractivity contribution in [3.63, 3.8) is 0 Å². The van der Waals surface area contributed by atoms with Crippen molar-refractivity contribution >= 4 is 27.0 Å². The van der Waals surface area contributed by atoms with Crippen molar-refractivity contribution in [1.82, 2.24) is 4.72 Å². The number of anilines is 1. The summed E-state index contributed by atoms with van der Waals surface area (Å²) in [4.78, 5) is 1.37. The molecule has 1 aromatic heterocycles. The molecule has 6 heteroatoms. The van der Waals surface area contributed by atoms with Gasteiger partial charge in [-0.1, -0.05) is 6.07 Å². The molecule has 21 heavy (non-hydrogen) atoms. The molecule has 0 saturated carbocycles. The van der Waals surface area contributed by atoms with Gasteiger partial charge >= 0.3 is 0 Å². The van der Waals surface area contributed by atoms with Crippen LogP contribution in [0.1, 0.15) is 29.0 Å². The van der Waals surface area contributed by atoms with Crippen LogP contribution in [0.25, 0.3) is 0 Å². The van der Waals surface area contributed by atoms with Crippen molar-refractivity contribution in [2.24, 2.45) is 0 Å². The van der Waals surface area contributed by atoms with E-state index in [0.29, 0.717) is 4.90 Å². The standard InChI is InChI=1S/C15H20N2O2S2/c1-10-8-13(16-4)9-11(2)15(10)21(18,19)17-12(3)14-6-5-7-20-14/h5-9,12,16-17H,1-4H3. The Labute approximate surface area is 130 Å². The Hall–Kier alpha value is -1.37. The van der Waals surface area contributed by atoms with Crippen molar-refractivity contribution < 1.29 is 8.42 Å². The van der Waals surface area contributed by atoms with Crippen molar-refractivity contribution in [1.29, 1.82) is 0 Å². The molecule has 0 aliphatic rings. The maximum absolute atomic E-state index is 12.7. The van der Waals surface area contributed by atoms with E-state index in [1.807, 2.05) is 57.5 Å². The minimum absolute atomic E-state index is 0.238. The van der Waals surface area contributed by atoms with Gasteiger partial charge in [-0.25, -0.2) is 13.1 Å². The summed E-state index contributed by atoms with van der Waals surface area (Å²) in [5, 5.41) is 4.98. The molecule has 0 radical (unpaired) electrons. The van der Waals surface area contributed by atoms with Gasteiger partial charge in [0.05, 0.1) is 10.9 Å². The van der Waals surface area contributed by atoms with Crippen LogP contribution in [-0.2, 0) is 10.0 Å². The van der Waals surface area contributed by atoms with Crippen LogP contribution in [-0.4, -0.2) is 15.5 Å². The van der Waals surface area contributed by atoms with E-state index in [2.05, 4.69) is 10.0 Å². The molecule has 0 bridgehead atoms. The van der Waals surface area contributed by atoms with Gasteiger partial charge in [0.1, 0.15) is 0 Å². The van der Waals surface area contributed by atoms with E-state index in [0.717, 1.165) is 21.7 Å². The Morgan fingerprint density at radius 1 is 1.19 bits per heavy atom. The number of hydrogen-bond acceptors (Lipinski definition) is 4. The van der Waals surface area contributed by atoms with Crippen LogP contribution in [0.3, 0.4) is 0 Å². The molecule has 2 N–H and O–H groups in total. The summed E-state index contributed by atoms with van der Waals surface area (Å²) in [6.45, 7) is 5.49. The SMILES string of the molecule is CNc1cc(C)c(S(=O)(=O)NC(C)c2cccs2)c(C)c1. The highest BCUT2D eigenvalue weighted by atomic mass is 32.2. The molecule has 0 amide bonds. The molecule has 2 aromatic rings. The molecule has 1 unspecified atom stereocenters. The number of thiophene rings is 1. The van der Waals surface area contributed by atoms with Crippen LogP contribution in [0.4, 0.5) is 5.69 Å². The second-order valence-electron chi connectivity index (χ2n) is 5.05. The Balaban J connectivity index is 2.36. The number of benzene rings is 1. The summed E-state index contributed by atoms with van der Waals surface area (Å²) in [7, 11) is -1.72. The molecule has 0 aliphatic heterocycles. The van der Waals surface area contributed by atoms with Crippen LogP contribution in [0, 0.1) is 13.8 Å². The molecular formula is C15H20N2O2S2. The Morgan fingerprint density at radius 2 is 1.81 bits per heavy atom. The van der Waals surface area contributed by atoms with Gasteiger partial charge in [-0.05, 0) is 55.5 Å². The molecule has 1 heterocycles. The lowest BCUT2D eigenvalue weighted by atomic mass is 10.1. The monoisotopic (exact) mass is 324 g/mol. The minimum Gasteiger partial charge on any atom is -0.388 e. The maximum atomic E-state index is 12.7. The molecule has 0 fully saturated rings. The second-order valence-corrected chi connectivity index (χ2v) is 7.68. The molecule has 2 rings (SSSR count). The summed E-state index contributed by atoms with van der Waals surface area (Å²) < 4.78 is 28.1. The zero-order valence-electron chi connectivity index (χ0n) is 12.6. The molecule has 0 aliphatic carbocycles. The minimum atomic E-state index is -3.54. The fourth-order valence-corrected chi connectivity index (χ4v) is 4.89. The first-order valence-electron chi connectivity index (χ1n) is 6.70. The third-order valence-corrected chi connectivity index (χ3v) is 6.22. The van der Waals surface area contributed by atoms with Gasteiger partial charge in [0.2, 0.25) is 10.0 Å². The number of aryl methyl sites for hydroxylation is 2. The Kier molecular flexibility index (Phi) is 4.70. The molecule has 1 aromatic carbocycles. The van der Waals surface area contributed by atoms with Gasteiger partial charge < -0.3 is 5.32 Å². The highest BCUT2D eigenvalue weighted by Crippen LogP contribution is 2.27. The van der Waals surface area contributed by atoms with Crippen LogP contribution in [0.2, 0.25) is 0 Å².